The molecule has 1 aliphatic rings. The van der Waals surface area contributed by atoms with Crippen LogP contribution in [0.15, 0.2) is 24.3 Å². The van der Waals surface area contributed by atoms with Crippen molar-refractivity contribution in [3.8, 4) is 0 Å². The van der Waals surface area contributed by atoms with E-state index in [-0.39, 0.29) is 17.5 Å². The van der Waals surface area contributed by atoms with E-state index in [1.807, 2.05) is 19.0 Å². The first-order valence-corrected chi connectivity index (χ1v) is 7.60. The third kappa shape index (κ3) is 3.56. The molecule has 1 heterocycles. The Kier molecular flexibility index (Phi) is 4.57. The lowest BCUT2D eigenvalue weighted by atomic mass is 9.86. The van der Waals surface area contributed by atoms with E-state index in [1.54, 1.807) is 4.90 Å². The largest absolute Gasteiger partial charge is 0.326 e. The van der Waals surface area contributed by atoms with Crippen molar-refractivity contribution in [3.05, 3.63) is 35.4 Å². The number of hydrogen-bond donors (Lipinski definition) is 1. The Bertz CT molecular complexity index is 490. The zero-order valence-corrected chi connectivity index (χ0v) is 13.8. The van der Waals surface area contributed by atoms with Gasteiger partial charge in [-0.25, -0.2) is 4.79 Å². The number of hydrogen-bond acceptors (Lipinski definition) is 2. The van der Waals surface area contributed by atoms with Gasteiger partial charge in [0.1, 0.15) is 0 Å². The maximum atomic E-state index is 12.0. The van der Waals surface area contributed by atoms with Crippen LogP contribution in [-0.2, 0) is 5.41 Å². The number of urea groups is 1. The van der Waals surface area contributed by atoms with Gasteiger partial charge in [-0.05, 0) is 23.6 Å². The molecule has 2 rings (SSSR count). The van der Waals surface area contributed by atoms with E-state index in [9.17, 15) is 4.79 Å². The summed E-state index contributed by atoms with van der Waals surface area (Å²) < 4.78 is 0. The summed E-state index contributed by atoms with van der Waals surface area (Å²) in [6.07, 6.45) is 0. The van der Waals surface area contributed by atoms with Crippen molar-refractivity contribution >= 4 is 6.03 Å². The van der Waals surface area contributed by atoms with Crippen molar-refractivity contribution in [2.24, 2.45) is 0 Å². The number of nitrogens with zero attached hydrogens (tertiary/aromatic N) is 2. The molecule has 4 heteroatoms. The van der Waals surface area contributed by atoms with Gasteiger partial charge in [0.05, 0.1) is 0 Å². The molecule has 1 aliphatic heterocycles. The highest BCUT2D eigenvalue weighted by atomic mass is 16.2. The van der Waals surface area contributed by atoms with Crippen molar-refractivity contribution in [2.45, 2.75) is 32.2 Å². The molecule has 1 saturated heterocycles. The summed E-state index contributed by atoms with van der Waals surface area (Å²) in [5.74, 6) is 0. The average Bonchev–Trinajstić information content (AvgIpc) is 2.75. The fraction of sp³-hybridized carbons (Fsp3) is 0.588. The highest BCUT2D eigenvalue weighted by Crippen LogP contribution is 2.24. The van der Waals surface area contributed by atoms with E-state index in [0.29, 0.717) is 6.54 Å². The molecule has 1 atom stereocenters. The summed E-state index contributed by atoms with van der Waals surface area (Å²) in [6, 6.07) is 9.03. The van der Waals surface area contributed by atoms with Crippen LogP contribution in [0.1, 0.15) is 37.9 Å². The number of amides is 2. The lowest BCUT2D eigenvalue weighted by Gasteiger charge is -2.25. The molecule has 116 valence electrons. The van der Waals surface area contributed by atoms with Crippen LogP contribution in [0.25, 0.3) is 0 Å². The van der Waals surface area contributed by atoms with Crippen LogP contribution in [0.5, 0.6) is 0 Å². The van der Waals surface area contributed by atoms with E-state index in [1.165, 1.54) is 11.1 Å². The molecule has 2 amide bonds. The first kappa shape index (κ1) is 15.8. The molecule has 4 nitrogen and oxygen atoms in total. The topological polar surface area (TPSA) is 35.6 Å². The fourth-order valence-corrected chi connectivity index (χ4v) is 2.67. The van der Waals surface area contributed by atoms with Gasteiger partial charge in [-0.3, -0.25) is 0 Å². The van der Waals surface area contributed by atoms with Crippen LogP contribution >= 0.6 is 0 Å². The molecule has 0 radical (unpaired) electrons. The molecule has 0 bridgehead atoms. The standard InChI is InChI=1S/C17H27N3O/c1-17(2,3)14-8-6-13(7-9-14)15(18-4)12-20-11-10-19(5)16(20)21/h6-9,15,18H,10-12H2,1-5H3. The Morgan fingerprint density at radius 3 is 2.24 bits per heavy atom. The van der Waals surface area contributed by atoms with Crippen molar-refractivity contribution < 1.29 is 4.79 Å². The number of likely N-dealkylation sites (N-methyl/N-ethyl adjacent to an activating group) is 2. The molecule has 1 aromatic carbocycles. The Morgan fingerprint density at radius 1 is 1.19 bits per heavy atom. The second-order valence-electron chi connectivity index (χ2n) is 6.86. The van der Waals surface area contributed by atoms with Crippen molar-refractivity contribution in [1.82, 2.24) is 15.1 Å². The van der Waals surface area contributed by atoms with E-state index < -0.39 is 0 Å². The molecule has 0 aliphatic carbocycles. The molecule has 1 N–H and O–H groups in total. The van der Waals surface area contributed by atoms with Crippen LogP contribution in [0.2, 0.25) is 0 Å². The molecular weight excluding hydrogens is 262 g/mol. The monoisotopic (exact) mass is 289 g/mol. The predicted octanol–water partition coefficient (Wildman–Crippen LogP) is 2.61. The summed E-state index contributed by atoms with van der Waals surface area (Å²) in [7, 11) is 3.81. The lowest BCUT2D eigenvalue weighted by molar-refractivity contribution is 0.194. The third-order valence-electron chi connectivity index (χ3n) is 4.23. The normalized spacial score (nSPS) is 17.5. The van der Waals surface area contributed by atoms with Crippen LogP contribution < -0.4 is 5.32 Å². The van der Waals surface area contributed by atoms with Crippen molar-refractivity contribution in [1.29, 1.82) is 0 Å². The number of rotatable bonds is 4. The first-order valence-electron chi connectivity index (χ1n) is 7.60. The smallest absolute Gasteiger partial charge is 0.319 e. The maximum Gasteiger partial charge on any atom is 0.319 e. The van der Waals surface area contributed by atoms with Crippen LogP contribution in [-0.4, -0.2) is 49.6 Å². The minimum atomic E-state index is 0.126. The van der Waals surface area contributed by atoms with Gasteiger partial charge in [-0.15, -0.1) is 0 Å². The molecule has 1 unspecified atom stereocenters. The van der Waals surface area contributed by atoms with Crippen LogP contribution in [0.4, 0.5) is 4.79 Å². The first-order chi connectivity index (χ1) is 9.82. The number of carbonyl (C=O) groups excluding carboxylic acids is 1. The average molecular weight is 289 g/mol. The minimum Gasteiger partial charge on any atom is -0.326 e. The number of benzene rings is 1. The highest BCUT2D eigenvalue weighted by molar-refractivity contribution is 5.76. The Hall–Kier alpha value is -1.55. The lowest BCUT2D eigenvalue weighted by Crippen LogP contribution is -2.36. The van der Waals surface area contributed by atoms with Crippen LogP contribution in [0, 0.1) is 0 Å². The Morgan fingerprint density at radius 2 is 1.81 bits per heavy atom. The molecular formula is C17H27N3O. The van der Waals surface area contributed by atoms with E-state index in [2.05, 4.69) is 50.4 Å². The van der Waals surface area contributed by atoms with Crippen molar-refractivity contribution in [2.75, 3.05) is 33.7 Å². The van der Waals surface area contributed by atoms with Gasteiger partial charge in [-0.2, -0.15) is 0 Å². The van der Waals surface area contributed by atoms with E-state index >= 15 is 0 Å². The SMILES string of the molecule is CNC(CN1CCN(C)C1=O)c1ccc(C(C)(C)C)cc1. The van der Waals surface area contributed by atoms with E-state index in [0.717, 1.165) is 13.1 Å². The van der Waals surface area contributed by atoms with Gasteiger partial charge >= 0.3 is 6.03 Å². The summed E-state index contributed by atoms with van der Waals surface area (Å²) in [5.41, 5.74) is 2.73. The Labute approximate surface area is 128 Å². The number of nitrogens with one attached hydrogen (secondary N) is 1. The molecule has 21 heavy (non-hydrogen) atoms. The summed E-state index contributed by atoms with van der Waals surface area (Å²) in [4.78, 5) is 15.7. The van der Waals surface area contributed by atoms with Gasteiger partial charge < -0.3 is 15.1 Å². The quantitative estimate of drug-likeness (QED) is 0.925. The van der Waals surface area contributed by atoms with Crippen molar-refractivity contribution in [3.63, 3.8) is 0 Å². The predicted molar refractivity (Wildman–Crippen MR) is 86.5 cm³/mol. The minimum absolute atomic E-state index is 0.126. The fourth-order valence-electron chi connectivity index (χ4n) is 2.67. The zero-order valence-electron chi connectivity index (χ0n) is 13.8. The van der Waals surface area contributed by atoms with Gasteiger partial charge in [-0.1, -0.05) is 45.0 Å². The molecule has 0 spiro atoms. The Balaban J connectivity index is 2.09. The van der Waals surface area contributed by atoms with E-state index in [4.69, 9.17) is 0 Å². The maximum absolute atomic E-state index is 12.0. The third-order valence-corrected chi connectivity index (χ3v) is 4.23. The highest BCUT2D eigenvalue weighted by Gasteiger charge is 2.27. The van der Waals surface area contributed by atoms with Gasteiger partial charge in [0.15, 0.2) is 0 Å². The molecule has 0 aromatic heterocycles. The second kappa shape index (κ2) is 6.06. The number of carbonyl (C=O) groups is 1. The summed E-state index contributed by atoms with van der Waals surface area (Å²) in [6.45, 7) is 9.00. The second-order valence-corrected chi connectivity index (χ2v) is 6.86. The summed E-state index contributed by atoms with van der Waals surface area (Å²) in [5, 5.41) is 3.33. The molecule has 1 aromatic rings. The van der Waals surface area contributed by atoms with Gasteiger partial charge in [0, 0.05) is 32.7 Å². The van der Waals surface area contributed by atoms with Crippen LogP contribution in [0.3, 0.4) is 0 Å². The molecule has 1 fully saturated rings. The van der Waals surface area contributed by atoms with Gasteiger partial charge in [0.2, 0.25) is 0 Å². The van der Waals surface area contributed by atoms with Gasteiger partial charge in [0.25, 0.3) is 0 Å². The zero-order chi connectivity index (χ0) is 15.6. The summed E-state index contributed by atoms with van der Waals surface area (Å²) >= 11 is 0. The molecule has 0 saturated carbocycles.